The Kier molecular flexibility index (Phi) is 7.12. The minimum atomic E-state index is -0.871. The van der Waals surface area contributed by atoms with Crippen LogP contribution >= 0.6 is 11.8 Å². The van der Waals surface area contributed by atoms with Gasteiger partial charge in [-0.05, 0) is 55.3 Å². The first-order chi connectivity index (χ1) is 15.9. The normalized spacial score (nSPS) is 17.9. The smallest absolute Gasteiger partial charge is 0.224 e. The fourth-order valence-corrected chi connectivity index (χ4v) is 4.20. The van der Waals surface area contributed by atoms with E-state index in [0.29, 0.717) is 55.0 Å². The first-order valence-electron chi connectivity index (χ1n) is 11.0. The summed E-state index contributed by atoms with van der Waals surface area (Å²) < 4.78 is 13.8. The molecule has 33 heavy (non-hydrogen) atoms. The zero-order valence-electron chi connectivity index (χ0n) is 18.6. The quantitative estimate of drug-likeness (QED) is 0.304. The minimum absolute atomic E-state index is 0.0405. The summed E-state index contributed by atoms with van der Waals surface area (Å²) in [6.07, 6.45) is 2.47. The van der Waals surface area contributed by atoms with Crippen molar-refractivity contribution >= 4 is 40.8 Å². The molecule has 1 unspecified atom stereocenters. The Morgan fingerprint density at radius 1 is 1.27 bits per heavy atom. The van der Waals surface area contributed by atoms with Crippen LogP contribution in [0.3, 0.4) is 0 Å². The average Bonchev–Trinajstić information content (AvgIpc) is 3.55. The summed E-state index contributed by atoms with van der Waals surface area (Å²) in [6, 6.07) is 9.18. The van der Waals surface area contributed by atoms with E-state index in [2.05, 4.69) is 20.3 Å². The first-order valence-corrected chi connectivity index (χ1v) is 11.9. The number of hydrogen-bond donors (Lipinski definition) is 3. The van der Waals surface area contributed by atoms with E-state index in [0.717, 1.165) is 29.1 Å². The number of carbonyl (C=O) groups excluding carboxylic acids is 1. The van der Waals surface area contributed by atoms with Gasteiger partial charge in [0.2, 0.25) is 5.91 Å². The number of amides is 1. The van der Waals surface area contributed by atoms with E-state index >= 15 is 0 Å². The Balaban J connectivity index is 1.56. The van der Waals surface area contributed by atoms with Crippen LogP contribution in [0.15, 0.2) is 56.6 Å². The van der Waals surface area contributed by atoms with Gasteiger partial charge < -0.3 is 21.7 Å². The second-order valence-corrected chi connectivity index (χ2v) is 9.18. The molecule has 1 aliphatic carbocycles. The van der Waals surface area contributed by atoms with Gasteiger partial charge in [-0.3, -0.25) is 4.79 Å². The molecule has 2 aromatic rings. The number of carbonyl (C=O) groups is 1. The highest BCUT2D eigenvalue weighted by atomic mass is 32.2. The zero-order chi connectivity index (χ0) is 23.4. The minimum Gasteiger partial charge on any atom is -0.402 e. The number of hydrogen-bond acceptors (Lipinski definition) is 7. The maximum absolute atomic E-state index is 13.8. The number of nitrogens with one attached hydrogen (secondary N) is 1. The second-order valence-electron chi connectivity index (χ2n) is 8.14. The number of amidine groups is 1. The third-order valence-electron chi connectivity index (χ3n) is 5.39. The molecule has 1 aliphatic heterocycles. The summed E-state index contributed by atoms with van der Waals surface area (Å²) in [6.45, 7) is 2.69. The number of alkyl halides is 1. The molecule has 1 aromatic carbocycles. The molecule has 1 saturated heterocycles. The van der Waals surface area contributed by atoms with Crippen molar-refractivity contribution in [2.75, 3.05) is 23.3 Å². The molecule has 174 valence electrons. The molecular formula is C23H28FN7OS. The summed E-state index contributed by atoms with van der Waals surface area (Å²) in [7, 11) is 0. The van der Waals surface area contributed by atoms with Crippen LogP contribution in [0.4, 0.5) is 21.7 Å². The highest BCUT2D eigenvalue weighted by Crippen LogP contribution is 2.32. The summed E-state index contributed by atoms with van der Waals surface area (Å²) in [5.41, 5.74) is 14.9. The lowest BCUT2D eigenvalue weighted by Crippen LogP contribution is -2.21. The molecule has 8 nitrogen and oxygen atoms in total. The molecule has 2 fully saturated rings. The van der Waals surface area contributed by atoms with Gasteiger partial charge in [-0.25, -0.2) is 19.4 Å². The van der Waals surface area contributed by atoms with Crippen molar-refractivity contribution in [1.29, 1.82) is 0 Å². The Hall–Kier alpha value is -3.14. The number of anilines is 2. The number of nitrogens with two attached hydrogens (primary N) is 2. The number of benzene rings is 1. The van der Waals surface area contributed by atoms with E-state index in [9.17, 15) is 9.18 Å². The van der Waals surface area contributed by atoms with Gasteiger partial charge in [-0.15, -0.1) is 0 Å². The highest BCUT2D eigenvalue weighted by Gasteiger charge is 2.24. The summed E-state index contributed by atoms with van der Waals surface area (Å²) in [4.78, 5) is 28.0. The van der Waals surface area contributed by atoms with E-state index in [1.165, 1.54) is 17.3 Å². The molecular weight excluding hydrogens is 441 g/mol. The SMILES string of the molecule is CCC(=O)Nc1ccc(Sc2nc(N=C(N)CC(N)=C3CC3)cc(N3CCC(F)C3)n2)cc1. The van der Waals surface area contributed by atoms with Crippen molar-refractivity contribution in [3.05, 3.63) is 41.6 Å². The summed E-state index contributed by atoms with van der Waals surface area (Å²) in [5, 5.41) is 3.31. The number of nitrogens with zero attached hydrogens (tertiary/aromatic N) is 4. The van der Waals surface area contributed by atoms with Gasteiger partial charge in [0.1, 0.15) is 17.8 Å². The predicted molar refractivity (Wildman–Crippen MR) is 130 cm³/mol. The average molecular weight is 470 g/mol. The van der Waals surface area contributed by atoms with Gasteiger partial charge in [-0.1, -0.05) is 12.5 Å². The number of halogens is 1. The van der Waals surface area contributed by atoms with Crippen molar-refractivity contribution in [1.82, 2.24) is 9.97 Å². The van der Waals surface area contributed by atoms with Crippen molar-refractivity contribution < 1.29 is 9.18 Å². The fourth-order valence-electron chi connectivity index (χ4n) is 3.44. The lowest BCUT2D eigenvalue weighted by molar-refractivity contribution is -0.115. The van der Waals surface area contributed by atoms with Gasteiger partial charge in [0, 0.05) is 41.7 Å². The maximum atomic E-state index is 13.8. The predicted octanol–water partition coefficient (Wildman–Crippen LogP) is 3.91. The van der Waals surface area contributed by atoms with Crippen LogP contribution in [0, 0.1) is 0 Å². The molecule has 2 heterocycles. The number of rotatable bonds is 8. The second kappa shape index (κ2) is 10.2. The van der Waals surface area contributed by atoms with E-state index in [1.807, 2.05) is 29.2 Å². The van der Waals surface area contributed by atoms with E-state index < -0.39 is 6.17 Å². The lowest BCUT2D eigenvalue weighted by Gasteiger charge is -2.17. The van der Waals surface area contributed by atoms with E-state index in [4.69, 9.17) is 11.5 Å². The van der Waals surface area contributed by atoms with Gasteiger partial charge in [-0.2, -0.15) is 0 Å². The third-order valence-corrected chi connectivity index (χ3v) is 6.26. The largest absolute Gasteiger partial charge is 0.402 e. The van der Waals surface area contributed by atoms with Gasteiger partial charge in [0.25, 0.3) is 0 Å². The Morgan fingerprint density at radius 3 is 2.67 bits per heavy atom. The van der Waals surface area contributed by atoms with Crippen LogP contribution in [0.25, 0.3) is 0 Å². The number of allylic oxidation sites excluding steroid dienone is 1. The fraction of sp³-hybridized carbons (Fsp3) is 0.391. The lowest BCUT2D eigenvalue weighted by atomic mass is 10.3. The number of aliphatic imine (C=N–C) groups is 1. The molecule has 1 aromatic heterocycles. The molecule has 10 heteroatoms. The standard InChI is InChI=1S/C23H28FN7OS/c1-2-22(32)27-16-5-7-17(8-6-16)33-23-29-20(28-19(26)11-18(25)14-3-4-14)12-21(30-23)31-10-9-15(24)13-31/h5-8,12,15H,2-4,9-11,13,25H2,1H3,(H,27,32)(H2,26,28,29,30). The number of aromatic nitrogens is 2. The molecule has 4 rings (SSSR count). The van der Waals surface area contributed by atoms with Gasteiger partial charge in [0.15, 0.2) is 11.0 Å². The van der Waals surface area contributed by atoms with Gasteiger partial charge >= 0.3 is 0 Å². The molecule has 5 N–H and O–H groups in total. The van der Waals surface area contributed by atoms with E-state index in [-0.39, 0.29) is 5.91 Å². The molecule has 0 spiro atoms. The van der Waals surface area contributed by atoms with Crippen molar-refractivity contribution in [3.63, 3.8) is 0 Å². The Labute approximate surface area is 196 Å². The molecule has 2 aliphatic rings. The van der Waals surface area contributed by atoms with Gasteiger partial charge in [0.05, 0.1) is 6.54 Å². The van der Waals surface area contributed by atoms with Crippen LogP contribution in [-0.4, -0.2) is 41.0 Å². The maximum Gasteiger partial charge on any atom is 0.224 e. The van der Waals surface area contributed by atoms with Crippen LogP contribution < -0.4 is 21.7 Å². The van der Waals surface area contributed by atoms with Crippen LogP contribution in [0.2, 0.25) is 0 Å². The zero-order valence-corrected chi connectivity index (χ0v) is 19.4. The first kappa shape index (κ1) is 23.0. The third kappa shape index (κ3) is 6.44. The van der Waals surface area contributed by atoms with E-state index in [1.54, 1.807) is 13.0 Å². The molecule has 1 saturated carbocycles. The summed E-state index contributed by atoms with van der Waals surface area (Å²) in [5.74, 6) is 1.39. The van der Waals surface area contributed by atoms with Crippen molar-refractivity contribution in [2.24, 2.45) is 16.5 Å². The van der Waals surface area contributed by atoms with Crippen LogP contribution in [0.1, 0.15) is 39.0 Å². The Morgan fingerprint density at radius 2 is 2.03 bits per heavy atom. The summed E-state index contributed by atoms with van der Waals surface area (Å²) >= 11 is 1.37. The van der Waals surface area contributed by atoms with Crippen molar-refractivity contribution in [2.45, 2.75) is 55.3 Å². The molecule has 0 bridgehead atoms. The van der Waals surface area contributed by atoms with Crippen LogP contribution in [-0.2, 0) is 4.79 Å². The van der Waals surface area contributed by atoms with Crippen LogP contribution in [0.5, 0.6) is 0 Å². The van der Waals surface area contributed by atoms with Crippen molar-refractivity contribution in [3.8, 4) is 0 Å². The monoisotopic (exact) mass is 469 g/mol. The molecule has 1 amide bonds. The topological polar surface area (TPSA) is 123 Å². The Bertz CT molecular complexity index is 1080. The molecule has 1 atom stereocenters. The highest BCUT2D eigenvalue weighted by molar-refractivity contribution is 7.99. The molecule has 0 radical (unpaired) electrons.